The maximum Gasteiger partial charge on any atom is 0.221 e. The van der Waals surface area contributed by atoms with Gasteiger partial charge in [-0.1, -0.05) is 12.1 Å². The van der Waals surface area contributed by atoms with E-state index in [-0.39, 0.29) is 11.7 Å². The van der Waals surface area contributed by atoms with Crippen LogP contribution in [0.1, 0.15) is 18.1 Å². The van der Waals surface area contributed by atoms with Crippen LogP contribution in [-0.4, -0.2) is 5.91 Å². The monoisotopic (exact) mass is 350 g/mol. The first-order chi connectivity index (χ1) is 9.95. The summed E-state index contributed by atoms with van der Waals surface area (Å²) in [4.78, 5) is 10.9. The van der Waals surface area contributed by atoms with E-state index in [4.69, 9.17) is 0 Å². The molecular weight excluding hydrogens is 335 g/mol. The van der Waals surface area contributed by atoms with Crippen LogP contribution in [-0.2, 0) is 11.3 Å². The van der Waals surface area contributed by atoms with Crippen LogP contribution >= 0.6 is 15.9 Å². The highest BCUT2D eigenvalue weighted by Gasteiger charge is 2.05. The van der Waals surface area contributed by atoms with Crippen LogP contribution in [0.15, 0.2) is 40.9 Å². The molecule has 2 aromatic carbocycles. The molecule has 0 atom stereocenters. The fourth-order valence-corrected chi connectivity index (χ4v) is 2.29. The van der Waals surface area contributed by atoms with Gasteiger partial charge in [0.25, 0.3) is 0 Å². The topological polar surface area (TPSA) is 41.1 Å². The molecule has 0 saturated heterocycles. The molecule has 21 heavy (non-hydrogen) atoms. The molecule has 2 N–H and O–H groups in total. The number of amides is 1. The Balaban J connectivity index is 2.03. The lowest BCUT2D eigenvalue weighted by molar-refractivity contribution is -0.114. The fourth-order valence-electron chi connectivity index (χ4n) is 1.94. The van der Waals surface area contributed by atoms with Gasteiger partial charge in [-0.25, -0.2) is 4.39 Å². The standard InChI is InChI=1S/C16H16BrFN2O/c1-10-7-15(18)14(17)8-16(10)19-9-12-3-5-13(6-4-12)20-11(2)21/h3-8,19H,9H2,1-2H3,(H,20,21). The van der Waals surface area contributed by atoms with Gasteiger partial charge in [-0.05, 0) is 58.2 Å². The predicted octanol–water partition coefficient (Wildman–Crippen LogP) is 4.47. The van der Waals surface area contributed by atoms with Gasteiger partial charge in [-0.3, -0.25) is 4.79 Å². The second-order valence-electron chi connectivity index (χ2n) is 4.81. The van der Waals surface area contributed by atoms with Gasteiger partial charge >= 0.3 is 0 Å². The maximum atomic E-state index is 13.4. The third kappa shape index (κ3) is 4.29. The Bertz CT molecular complexity index is 656. The summed E-state index contributed by atoms with van der Waals surface area (Å²) in [6.45, 7) is 3.96. The van der Waals surface area contributed by atoms with Gasteiger partial charge in [0.15, 0.2) is 0 Å². The average molecular weight is 351 g/mol. The Morgan fingerprint density at radius 2 is 1.90 bits per heavy atom. The third-order valence-corrected chi connectivity index (χ3v) is 3.63. The zero-order valence-electron chi connectivity index (χ0n) is 11.8. The van der Waals surface area contributed by atoms with Crippen LogP contribution in [0, 0.1) is 12.7 Å². The van der Waals surface area contributed by atoms with Crippen molar-refractivity contribution in [2.45, 2.75) is 20.4 Å². The van der Waals surface area contributed by atoms with Crippen LogP contribution < -0.4 is 10.6 Å². The lowest BCUT2D eigenvalue weighted by atomic mass is 10.1. The molecule has 0 spiro atoms. The van der Waals surface area contributed by atoms with E-state index in [1.165, 1.54) is 13.0 Å². The van der Waals surface area contributed by atoms with E-state index in [0.717, 1.165) is 22.5 Å². The van der Waals surface area contributed by atoms with Crippen LogP contribution in [0.2, 0.25) is 0 Å². The highest BCUT2D eigenvalue weighted by atomic mass is 79.9. The molecule has 0 aliphatic carbocycles. The SMILES string of the molecule is CC(=O)Nc1ccc(CNc2cc(Br)c(F)cc2C)cc1. The molecule has 0 fully saturated rings. The van der Waals surface area contributed by atoms with Crippen molar-refractivity contribution in [1.29, 1.82) is 0 Å². The van der Waals surface area contributed by atoms with E-state index in [9.17, 15) is 9.18 Å². The van der Waals surface area contributed by atoms with Crippen LogP contribution in [0.5, 0.6) is 0 Å². The maximum absolute atomic E-state index is 13.4. The summed E-state index contributed by atoms with van der Waals surface area (Å²) in [5.74, 6) is -0.356. The van der Waals surface area contributed by atoms with Gasteiger partial charge in [-0.2, -0.15) is 0 Å². The fraction of sp³-hybridized carbons (Fsp3) is 0.188. The molecule has 3 nitrogen and oxygen atoms in total. The number of hydrogen-bond acceptors (Lipinski definition) is 2. The molecule has 0 heterocycles. The molecule has 0 aromatic heterocycles. The average Bonchev–Trinajstić information content (AvgIpc) is 2.42. The number of hydrogen-bond donors (Lipinski definition) is 2. The Hall–Kier alpha value is -1.88. The van der Waals surface area contributed by atoms with Crippen molar-refractivity contribution in [2.75, 3.05) is 10.6 Å². The normalized spacial score (nSPS) is 10.3. The number of nitrogens with one attached hydrogen (secondary N) is 2. The van der Waals surface area contributed by atoms with Crippen molar-refractivity contribution in [3.05, 3.63) is 57.8 Å². The number of rotatable bonds is 4. The van der Waals surface area contributed by atoms with E-state index < -0.39 is 0 Å². The molecule has 2 rings (SSSR count). The molecular formula is C16H16BrFN2O. The highest BCUT2D eigenvalue weighted by molar-refractivity contribution is 9.10. The van der Waals surface area contributed by atoms with Gasteiger partial charge in [0, 0.05) is 24.8 Å². The Labute approximate surface area is 131 Å². The first-order valence-corrected chi connectivity index (χ1v) is 7.31. The highest BCUT2D eigenvalue weighted by Crippen LogP contribution is 2.24. The Kier molecular flexibility index (Phi) is 4.96. The molecule has 0 radical (unpaired) electrons. The van der Waals surface area contributed by atoms with Gasteiger partial charge < -0.3 is 10.6 Å². The van der Waals surface area contributed by atoms with E-state index in [1.54, 1.807) is 6.07 Å². The van der Waals surface area contributed by atoms with Crippen molar-refractivity contribution < 1.29 is 9.18 Å². The third-order valence-electron chi connectivity index (χ3n) is 3.02. The summed E-state index contributed by atoms with van der Waals surface area (Å²) in [6.07, 6.45) is 0. The largest absolute Gasteiger partial charge is 0.381 e. The molecule has 5 heteroatoms. The smallest absolute Gasteiger partial charge is 0.221 e. The number of carbonyl (C=O) groups excluding carboxylic acids is 1. The van der Waals surface area contributed by atoms with Crippen LogP contribution in [0.25, 0.3) is 0 Å². The first kappa shape index (κ1) is 15.5. The quantitative estimate of drug-likeness (QED) is 0.854. The molecule has 0 saturated carbocycles. The van der Waals surface area contributed by atoms with E-state index >= 15 is 0 Å². The molecule has 1 amide bonds. The lowest BCUT2D eigenvalue weighted by Crippen LogP contribution is -2.06. The van der Waals surface area contributed by atoms with Crippen molar-refractivity contribution in [1.82, 2.24) is 0 Å². The summed E-state index contributed by atoms with van der Waals surface area (Å²) in [5.41, 5.74) is 3.58. The number of aryl methyl sites for hydroxylation is 1. The zero-order chi connectivity index (χ0) is 15.4. The van der Waals surface area contributed by atoms with Crippen molar-refractivity contribution in [3.63, 3.8) is 0 Å². The summed E-state index contributed by atoms with van der Waals surface area (Å²) in [5, 5.41) is 5.99. The van der Waals surface area contributed by atoms with Crippen molar-refractivity contribution in [3.8, 4) is 0 Å². The first-order valence-electron chi connectivity index (χ1n) is 6.52. The molecule has 0 aliphatic rings. The van der Waals surface area contributed by atoms with E-state index in [1.807, 2.05) is 31.2 Å². The number of halogens is 2. The zero-order valence-corrected chi connectivity index (χ0v) is 13.4. The number of benzene rings is 2. The molecule has 2 aromatic rings. The second-order valence-corrected chi connectivity index (χ2v) is 5.67. The van der Waals surface area contributed by atoms with E-state index in [2.05, 4.69) is 26.6 Å². The van der Waals surface area contributed by atoms with Crippen LogP contribution in [0.3, 0.4) is 0 Å². The Morgan fingerprint density at radius 1 is 1.24 bits per heavy atom. The molecule has 0 aliphatic heterocycles. The molecule has 0 unspecified atom stereocenters. The minimum absolute atomic E-state index is 0.0901. The van der Waals surface area contributed by atoms with Gasteiger partial charge in [0.05, 0.1) is 4.47 Å². The predicted molar refractivity (Wildman–Crippen MR) is 86.9 cm³/mol. The van der Waals surface area contributed by atoms with Crippen molar-refractivity contribution in [2.24, 2.45) is 0 Å². The van der Waals surface area contributed by atoms with E-state index in [0.29, 0.717) is 11.0 Å². The van der Waals surface area contributed by atoms with Gasteiger partial charge in [0.1, 0.15) is 5.82 Å². The molecule has 0 bridgehead atoms. The van der Waals surface area contributed by atoms with Crippen molar-refractivity contribution >= 4 is 33.2 Å². The number of anilines is 2. The van der Waals surface area contributed by atoms with Gasteiger partial charge in [0.2, 0.25) is 5.91 Å². The molecule has 110 valence electrons. The summed E-state index contributed by atoms with van der Waals surface area (Å²) in [7, 11) is 0. The number of carbonyl (C=O) groups is 1. The summed E-state index contributed by atoms with van der Waals surface area (Å²) < 4.78 is 13.8. The Morgan fingerprint density at radius 3 is 2.52 bits per heavy atom. The van der Waals surface area contributed by atoms with Crippen LogP contribution in [0.4, 0.5) is 15.8 Å². The minimum atomic E-state index is -0.266. The lowest BCUT2D eigenvalue weighted by Gasteiger charge is -2.11. The second kappa shape index (κ2) is 6.72. The summed E-state index contributed by atoms with van der Waals surface area (Å²) in [6, 6.07) is 10.8. The minimum Gasteiger partial charge on any atom is -0.381 e. The van der Waals surface area contributed by atoms with Gasteiger partial charge in [-0.15, -0.1) is 0 Å². The summed E-state index contributed by atoms with van der Waals surface area (Å²) >= 11 is 3.18.